The van der Waals surface area contributed by atoms with Crippen LogP contribution in [-0.2, 0) is 17.8 Å². The van der Waals surface area contributed by atoms with Gasteiger partial charge >= 0.3 is 6.09 Å². The van der Waals surface area contributed by atoms with Crippen molar-refractivity contribution in [2.45, 2.75) is 31.9 Å². The SMILES string of the molecule is O=C(NCCc1cnc[nH]1)c1ccc(N2CCC(N3C(=O)OCc4ccccc43)CC2)c(N[O-])c1. The average Bonchev–Trinajstić information content (AvgIpc) is 3.42. The van der Waals surface area contributed by atoms with Gasteiger partial charge in [-0.15, -0.1) is 0 Å². The number of cyclic esters (lactones) is 1. The van der Waals surface area contributed by atoms with Crippen LogP contribution in [0.5, 0.6) is 0 Å². The van der Waals surface area contributed by atoms with Crippen LogP contribution in [0, 0.1) is 5.21 Å². The number of imidazole rings is 1. The highest BCUT2D eigenvalue weighted by Crippen LogP contribution is 2.34. The Balaban J connectivity index is 1.22. The molecule has 0 atom stereocenters. The van der Waals surface area contributed by atoms with Crippen molar-refractivity contribution < 1.29 is 14.3 Å². The summed E-state index contributed by atoms with van der Waals surface area (Å²) in [6, 6.07) is 12.9. The number of ether oxygens (including phenoxy) is 1. The van der Waals surface area contributed by atoms with Crippen LogP contribution in [0.15, 0.2) is 55.0 Å². The first-order valence-electron chi connectivity index (χ1n) is 11.7. The van der Waals surface area contributed by atoms with Gasteiger partial charge in [-0.25, -0.2) is 9.78 Å². The summed E-state index contributed by atoms with van der Waals surface area (Å²) in [7, 11) is 0. The Morgan fingerprint density at radius 1 is 1.17 bits per heavy atom. The molecule has 35 heavy (non-hydrogen) atoms. The number of aromatic amines is 1. The maximum Gasteiger partial charge on any atom is 0.414 e. The van der Waals surface area contributed by atoms with Gasteiger partial charge in [-0.3, -0.25) is 9.69 Å². The number of nitrogens with zero attached hydrogens (tertiary/aromatic N) is 3. The quantitative estimate of drug-likeness (QED) is 0.447. The van der Waals surface area contributed by atoms with E-state index in [4.69, 9.17) is 4.74 Å². The number of carbonyl (C=O) groups excluding carboxylic acids is 2. The second-order valence-corrected chi connectivity index (χ2v) is 8.69. The van der Waals surface area contributed by atoms with E-state index in [1.807, 2.05) is 29.7 Å². The number of para-hydroxylation sites is 1. The lowest BCUT2D eigenvalue weighted by Crippen LogP contribution is -2.49. The van der Waals surface area contributed by atoms with Crippen molar-refractivity contribution in [3.63, 3.8) is 0 Å². The number of anilines is 3. The van der Waals surface area contributed by atoms with Crippen molar-refractivity contribution in [1.82, 2.24) is 15.3 Å². The number of benzene rings is 2. The van der Waals surface area contributed by atoms with Gasteiger partial charge in [0.25, 0.3) is 5.91 Å². The first-order valence-corrected chi connectivity index (χ1v) is 11.7. The summed E-state index contributed by atoms with van der Waals surface area (Å²) in [5.74, 6) is -0.242. The van der Waals surface area contributed by atoms with Crippen molar-refractivity contribution in [3.05, 3.63) is 77.0 Å². The lowest BCUT2D eigenvalue weighted by Gasteiger charge is -2.41. The summed E-state index contributed by atoms with van der Waals surface area (Å²) in [5, 5.41) is 14.6. The zero-order valence-corrected chi connectivity index (χ0v) is 19.2. The third-order valence-electron chi connectivity index (χ3n) is 6.57. The largest absolute Gasteiger partial charge is 0.761 e. The molecule has 10 nitrogen and oxygen atoms in total. The molecule has 1 fully saturated rings. The van der Waals surface area contributed by atoms with Crippen LogP contribution >= 0.6 is 0 Å². The second kappa shape index (κ2) is 10.1. The van der Waals surface area contributed by atoms with Crippen LogP contribution in [-0.4, -0.2) is 47.6 Å². The number of carbonyl (C=O) groups is 2. The number of rotatable bonds is 7. The van der Waals surface area contributed by atoms with E-state index in [-0.39, 0.29) is 18.0 Å². The van der Waals surface area contributed by atoms with E-state index < -0.39 is 0 Å². The standard InChI is InChI=1S/C25H27N6O4/c32-24(27-10-7-19-14-26-16-28-19)17-5-6-23(21(13-17)29-34)30-11-8-20(9-12-30)31-22-4-2-1-3-18(22)15-35-25(31)33/h1-6,13-14,16,20,29H,7-12,15H2,(H,26,28)(H,27,32)/q-1. The van der Waals surface area contributed by atoms with E-state index in [9.17, 15) is 14.8 Å². The second-order valence-electron chi connectivity index (χ2n) is 8.69. The summed E-state index contributed by atoms with van der Waals surface area (Å²) in [4.78, 5) is 35.9. The Kier molecular flexibility index (Phi) is 6.53. The van der Waals surface area contributed by atoms with Gasteiger partial charge in [0.15, 0.2) is 0 Å². The van der Waals surface area contributed by atoms with E-state index >= 15 is 0 Å². The van der Waals surface area contributed by atoms with Crippen LogP contribution < -0.4 is 20.6 Å². The highest BCUT2D eigenvalue weighted by Gasteiger charge is 2.34. The number of H-pyrrole nitrogens is 1. The highest BCUT2D eigenvalue weighted by molar-refractivity contribution is 5.96. The van der Waals surface area contributed by atoms with Crippen molar-refractivity contribution in [2.24, 2.45) is 0 Å². The maximum atomic E-state index is 12.5. The molecule has 3 heterocycles. The zero-order chi connectivity index (χ0) is 24.2. The molecule has 182 valence electrons. The van der Waals surface area contributed by atoms with E-state index in [2.05, 4.69) is 20.2 Å². The summed E-state index contributed by atoms with van der Waals surface area (Å²) in [5.41, 5.74) is 6.36. The highest BCUT2D eigenvalue weighted by atomic mass is 16.6. The molecule has 3 aromatic rings. The molecule has 0 aliphatic carbocycles. The van der Waals surface area contributed by atoms with E-state index in [1.165, 1.54) is 0 Å². The van der Waals surface area contributed by atoms with Crippen LogP contribution in [0.3, 0.4) is 0 Å². The predicted molar refractivity (Wildman–Crippen MR) is 132 cm³/mol. The molecule has 1 saturated heterocycles. The van der Waals surface area contributed by atoms with Crippen molar-refractivity contribution >= 4 is 29.1 Å². The Morgan fingerprint density at radius 2 is 2.00 bits per heavy atom. The Bertz CT molecular complexity index is 1190. The minimum Gasteiger partial charge on any atom is -0.761 e. The smallest absolute Gasteiger partial charge is 0.414 e. The number of piperidine rings is 1. The molecular formula is C25H27N6O4-. The minimum atomic E-state index is -0.313. The number of amides is 2. The summed E-state index contributed by atoms with van der Waals surface area (Å²) >= 11 is 0. The molecule has 0 spiro atoms. The Morgan fingerprint density at radius 3 is 2.77 bits per heavy atom. The first-order chi connectivity index (χ1) is 17.1. The van der Waals surface area contributed by atoms with Crippen LogP contribution in [0.2, 0.25) is 0 Å². The van der Waals surface area contributed by atoms with Gasteiger partial charge in [0, 0.05) is 60.8 Å². The fourth-order valence-electron chi connectivity index (χ4n) is 4.75. The molecular weight excluding hydrogens is 448 g/mol. The maximum absolute atomic E-state index is 12.5. The third-order valence-corrected chi connectivity index (χ3v) is 6.57. The number of hydrogen-bond acceptors (Lipinski definition) is 7. The molecule has 2 amide bonds. The molecule has 10 heteroatoms. The molecule has 5 rings (SSSR count). The number of hydrogen-bond donors (Lipinski definition) is 3. The topological polar surface area (TPSA) is 126 Å². The average molecular weight is 476 g/mol. The first kappa shape index (κ1) is 22.7. The van der Waals surface area contributed by atoms with Gasteiger partial charge in [-0.2, -0.15) is 0 Å². The fourth-order valence-corrected chi connectivity index (χ4v) is 4.75. The van der Waals surface area contributed by atoms with Crippen molar-refractivity contribution in [3.8, 4) is 0 Å². The van der Waals surface area contributed by atoms with Gasteiger partial charge in [0.1, 0.15) is 6.61 Å². The fraction of sp³-hybridized carbons (Fsp3) is 0.320. The van der Waals surface area contributed by atoms with Crippen LogP contribution in [0.25, 0.3) is 0 Å². The van der Waals surface area contributed by atoms with E-state index in [0.29, 0.717) is 43.9 Å². The molecule has 3 N–H and O–H groups in total. The molecule has 0 radical (unpaired) electrons. The van der Waals surface area contributed by atoms with E-state index in [0.717, 1.165) is 35.5 Å². The lowest BCUT2D eigenvalue weighted by atomic mass is 9.99. The lowest BCUT2D eigenvalue weighted by molar-refractivity contribution is 0.0954. The minimum absolute atomic E-state index is 0.0174. The summed E-state index contributed by atoms with van der Waals surface area (Å²) in [6.45, 7) is 2.09. The number of aromatic nitrogens is 2. The van der Waals surface area contributed by atoms with Gasteiger partial charge in [-0.1, -0.05) is 18.2 Å². The van der Waals surface area contributed by atoms with Crippen molar-refractivity contribution in [1.29, 1.82) is 0 Å². The molecule has 2 aliphatic heterocycles. The summed E-state index contributed by atoms with van der Waals surface area (Å²) in [6.07, 6.45) is 5.11. The third kappa shape index (κ3) is 4.78. The molecule has 2 aromatic carbocycles. The Labute approximate surface area is 202 Å². The molecule has 1 aromatic heterocycles. The van der Waals surface area contributed by atoms with Gasteiger partial charge in [0.2, 0.25) is 0 Å². The molecule has 0 unspecified atom stereocenters. The Hall–Kier alpha value is -4.05. The van der Waals surface area contributed by atoms with Gasteiger partial charge in [0.05, 0.1) is 17.7 Å². The predicted octanol–water partition coefficient (Wildman–Crippen LogP) is 3.42. The van der Waals surface area contributed by atoms with Gasteiger partial charge < -0.3 is 30.6 Å². The molecule has 0 saturated carbocycles. The number of nitrogens with one attached hydrogen (secondary N) is 3. The van der Waals surface area contributed by atoms with Crippen LogP contribution in [0.4, 0.5) is 21.9 Å². The van der Waals surface area contributed by atoms with Gasteiger partial charge in [-0.05, 0) is 37.1 Å². The van der Waals surface area contributed by atoms with Crippen molar-refractivity contribution in [2.75, 3.05) is 34.9 Å². The molecule has 2 aliphatic rings. The zero-order valence-electron chi connectivity index (χ0n) is 19.2. The monoisotopic (exact) mass is 475 g/mol. The van der Waals surface area contributed by atoms with Crippen LogP contribution in [0.1, 0.15) is 34.5 Å². The van der Waals surface area contributed by atoms with E-state index in [1.54, 1.807) is 35.6 Å². The normalized spacial score (nSPS) is 16.0. The molecule has 0 bridgehead atoms. The summed E-state index contributed by atoms with van der Waals surface area (Å²) < 4.78 is 5.38. The number of fused-ring (bicyclic) bond motifs is 1.